The van der Waals surface area contributed by atoms with Gasteiger partial charge in [0.1, 0.15) is 0 Å². The zero-order valence-corrected chi connectivity index (χ0v) is 22.7. The number of ether oxygens (including phenoxy) is 2. The van der Waals surface area contributed by atoms with Crippen molar-refractivity contribution in [3.05, 3.63) is 44.2 Å². The lowest BCUT2D eigenvalue weighted by molar-refractivity contribution is -0.133. The Bertz CT molecular complexity index is 1460. The molecule has 5 rings (SSSR count). The topological polar surface area (TPSA) is 155 Å². The lowest BCUT2D eigenvalue weighted by atomic mass is 10.2. The molecule has 0 radical (unpaired) electrons. The minimum Gasteiger partial charge on any atom is -0.493 e. The Labute approximate surface area is 227 Å². The van der Waals surface area contributed by atoms with Crippen molar-refractivity contribution < 1.29 is 19.1 Å². The number of rotatable bonds is 8. The average Bonchev–Trinajstić information content (AvgIpc) is 3.38. The van der Waals surface area contributed by atoms with Crippen molar-refractivity contribution >= 4 is 40.6 Å². The smallest absolute Gasteiger partial charge is 0.328 e. The predicted octanol–water partition coefficient (Wildman–Crippen LogP) is 0.0745. The highest BCUT2D eigenvalue weighted by Gasteiger charge is 2.24. The van der Waals surface area contributed by atoms with E-state index in [9.17, 15) is 19.2 Å². The van der Waals surface area contributed by atoms with Crippen LogP contribution in [0, 0.1) is 0 Å². The van der Waals surface area contributed by atoms with Gasteiger partial charge in [-0.1, -0.05) is 0 Å². The van der Waals surface area contributed by atoms with Crippen LogP contribution in [0.15, 0.2) is 21.7 Å². The number of nitrogens with zero attached hydrogens (tertiary/aromatic N) is 4. The van der Waals surface area contributed by atoms with Crippen molar-refractivity contribution in [1.82, 2.24) is 29.7 Å². The summed E-state index contributed by atoms with van der Waals surface area (Å²) in [6, 6.07) is 3.66. The number of methoxy groups -OCH3 is 2. The molecular weight excluding hydrogens is 526 g/mol. The maximum Gasteiger partial charge on any atom is 0.328 e. The Kier molecular flexibility index (Phi) is 7.82. The summed E-state index contributed by atoms with van der Waals surface area (Å²) in [4.78, 5) is 63.7. The molecule has 2 aliphatic heterocycles. The largest absolute Gasteiger partial charge is 0.493 e. The van der Waals surface area contributed by atoms with Crippen LogP contribution in [0.5, 0.6) is 11.5 Å². The summed E-state index contributed by atoms with van der Waals surface area (Å²) in [5.74, 6) is 2.80. The minimum absolute atomic E-state index is 0.0359. The first-order valence-corrected chi connectivity index (χ1v) is 13.9. The van der Waals surface area contributed by atoms with Crippen LogP contribution < -0.4 is 30.9 Å². The Hall–Kier alpha value is -3.94. The molecule has 0 saturated carbocycles. The first-order valence-electron chi connectivity index (χ1n) is 12.7. The van der Waals surface area contributed by atoms with Gasteiger partial charge in [-0.05, 0) is 12.2 Å². The fourth-order valence-electron chi connectivity index (χ4n) is 4.90. The van der Waals surface area contributed by atoms with Gasteiger partial charge in [0.15, 0.2) is 11.5 Å². The number of piperazine rings is 1. The second-order valence-corrected chi connectivity index (χ2v) is 10.4. The van der Waals surface area contributed by atoms with E-state index in [1.54, 1.807) is 30.9 Å². The van der Waals surface area contributed by atoms with E-state index in [0.29, 0.717) is 67.1 Å². The maximum atomic E-state index is 12.7. The third-order valence-electron chi connectivity index (χ3n) is 7.05. The molecule has 14 heteroatoms. The van der Waals surface area contributed by atoms with Crippen LogP contribution in [0.3, 0.4) is 0 Å². The predicted molar refractivity (Wildman–Crippen MR) is 147 cm³/mol. The van der Waals surface area contributed by atoms with Gasteiger partial charge in [-0.3, -0.25) is 23.9 Å². The van der Waals surface area contributed by atoms with Crippen LogP contribution in [0.4, 0.5) is 5.95 Å². The lowest BCUT2D eigenvalue weighted by Crippen LogP contribution is -2.51. The monoisotopic (exact) mass is 557 g/mol. The maximum absolute atomic E-state index is 12.7. The number of thioether (sulfide) groups is 1. The quantitative estimate of drug-likeness (QED) is 0.349. The summed E-state index contributed by atoms with van der Waals surface area (Å²) >= 11 is 1.64. The van der Waals surface area contributed by atoms with Crippen molar-refractivity contribution in [1.29, 1.82) is 0 Å². The van der Waals surface area contributed by atoms with Crippen molar-refractivity contribution in [2.75, 3.05) is 57.6 Å². The molecule has 0 atom stereocenters. The summed E-state index contributed by atoms with van der Waals surface area (Å²) in [6.45, 7) is 2.21. The van der Waals surface area contributed by atoms with Gasteiger partial charge in [-0.15, -0.1) is 0 Å². The molecule has 0 spiro atoms. The number of carbonyl (C=O) groups is 2. The number of hydrogen-bond donors (Lipinski definition) is 3. The fraction of sp³-hybridized carbons (Fsp3) is 0.480. The van der Waals surface area contributed by atoms with Crippen molar-refractivity contribution in [3.63, 3.8) is 0 Å². The molecule has 1 saturated heterocycles. The number of aromatic nitrogens is 4. The highest BCUT2D eigenvalue weighted by molar-refractivity contribution is 7.98. The molecule has 4 heterocycles. The molecule has 208 valence electrons. The molecule has 1 fully saturated rings. The normalized spacial score (nSPS) is 15.2. The van der Waals surface area contributed by atoms with Gasteiger partial charge in [0.25, 0.3) is 5.56 Å². The Balaban J connectivity index is 1.11. The first-order chi connectivity index (χ1) is 18.9. The van der Waals surface area contributed by atoms with Gasteiger partial charge in [-0.2, -0.15) is 11.8 Å². The number of benzene rings is 1. The van der Waals surface area contributed by atoms with E-state index in [-0.39, 0.29) is 36.9 Å². The molecule has 1 aromatic carbocycles. The number of aromatic amines is 2. The van der Waals surface area contributed by atoms with E-state index in [1.807, 2.05) is 12.1 Å². The van der Waals surface area contributed by atoms with Gasteiger partial charge < -0.3 is 29.6 Å². The van der Waals surface area contributed by atoms with E-state index >= 15 is 0 Å². The second kappa shape index (κ2) is 11.4. The minimum atomic E-state index is -0.505. The molecule has 13 nitrogen and oxygen atoms in total. The Morgan fingerprint density at radius 1 is 1.08 bits per heavy atom. The standard InChI is InChI=1S/C25H31N7O6S/c1-37-19-11-16-17(12-20(19)38-2)28-24(27-16)31-8-6-30(7-9-31)22(34)13-26-21(33)3-5-32-18-4-10-39-14-15(18)23(35)29-25(32)36/h11-12H,3-10,13-14H2,1-2H3,(H,26,33)(H,27,28)(H,29,35,36). The molecule has 3 N–H and O–H groups in total. The third-order valence-corrected chi connectivity index (χ3v) is 8.03. The van der Waals surface area contributed by atoms with E-state index in [4.69, 9.17) is 9.47 Å². The van der Waals surface area contributed by atoms with Gasteiger partial charge in [0.05, 0.1) is 31.8 Å². The number of imidazole rings is 1. The van der Waals surface area contributed by atoms with Gasteiger partial charge >= 0.3 is 5.69 Å². The Morgan fingerprint density at radius 2 is 1.82 bits per heavy atom. The third kappa shape index (κ3) is 5.60. The summed E-state index contributed by atoms with van der Waals surface area (Å²) in [5.41, 5.74) is 2.03. The Morgan fingerprint density at radius 3 is 2.56 bits per heavy atom. The van der Waals surface area contributed by atoms with Crippen molar-refractivity contribution in [2.24, 2.45) is 0 Å². The number of H-pyrrole nitrogens is 2. The molecule has 0 aliphatic carbocycles. The molecule has 39 heavy (non-hydrogen) atoms. The molecule has 3 aromatic rings. The summed E-state index contributed by atoms with van der Waals surface area (Å²) in [7, 11) is 3.16. The first kappa shape index (κ1) is 26.7. The molecule has 2 amide bonds. The summed E-state index contributed by atoms with van der Waals surface area (Å²) in [5, 5.41) is 2.67. The zero-order valence-electron chi connectivity index (χ0n) is 21.9. The molecule has 2 aromatic heterocycles. The number of amides is 2. The highest BCUT2D eigenvalue weighted by Crippen LogP contribution is 2.32. The van der Waals surface area contributed by atoms with E-state index in [0.717, 1.165) is 16.8 Å². The number of anilines is 1. The van der Waals surface area contributed by atoms with Gasteiger partial charge in [-0.25, -0.2) is 9.78 Å². The number of nitrogens with one attached hydrogen (secondary N) is 3. The van der Waals surface area contributed by atoms with Crippen molar-refractivity contribution in [3.8, 4) is 11.5 Å². The number of carbonyl (C=O) groups excluding carboxylic acids is 2. The van der Waals surface area contributed by atoms with Crippen LogP contribution in [0.2, 0.25) is 0 Å². The van der Waals surface area contributed by atoms with E-state index in [2.05, 4.69) is 25.2 Å². The molecular formula is C25H31N7O6S. The summed E-state index contributed by atoms with van der Waals surface area (Å²) < 4.78 is 12.2. The van der Waals surface area contributed by atoms with Gasteiger partial charge in [0, 0.05) is 68.3 Å². The van der Waals surface area contributed by atoms with E-state index < -0.39 is 5.69 Å². The number of hydrogen-bond acceptors (Lipinski definition) is 9. The summed E-state index contributed by atoms with van der Waals surface area (Å²) in [6.07, 6.45) is 0.649. The van der Waals surface area contributed by atoms with Gasteiger partial charge in [0.2, 0.25) is 17.8 Å². The average molecular weight is 558 g/mol. The molecule has 2 aliphatic rings. The van der Waals surface area contributed by atoms with E-state index in [1.165, 1.54) is 4.57 Å². The van der Waals surface area contributed by atoms with Crippen molar-refractivity contribution in [2.45, 2.75) is 25.1 Å². The lowest BCUT2D eigenvalue weighted by Gasteiger charge is -2.34. The number of fused-ring (bicyclic) bond motifs is 2. The highest BCUT2D eigenvalue weighted by atomic mass is 32.2. The SMILES string of the molecule is COc1cc2nc(N3CCN(C(=O)CNC(=O)CCn4c5c(c(=O)[nH]c4=O)CSCC5)CC3)[nH]c2cc1OC. The zero-order chi connectivity index (χ0) is 27.5. The van der Waals surface area contributed by atoms with Crippen LogP contribution in [0.25, 0.3) is 11.0 Å². The van der Waals surface area contributed by atoms with Crippen LogP contribution in [-0.2, 0) is 28.3 Å². The molecule has 0 bridgehead atoms. The van der Waals surface area contributed by atoms with Crippen LogP contribution >= 0.6 is 11.8 Å². The van der Waals surface area contributed by atoms with Crippen LogP contribution in [0.1, 0.15) is 17.7 Å². The second-order valence-electron chi connectivity index (χ2n) is 9.32. The fourth-order valence-corrected chi connectivity index (χ4v) is 5.88. The van der Waals surface area contributed by atoms with Crippen LogP contribution in [-0.4, -0.2) is 88.9 Å². The molecule has 0 unspecified atom stereocenters.